The SMILES string of the molecule is Cn1c(=O)[nH]c2cc(C(=O)NCCOCCS(N)(=O)=O)ccc21. The lowest BCUT2D eigenvalue weighted by atomic mass is 10.2. The number of aryl methyl sites for hydroxylation is 1. The van der Waals surface area contributed by atoms with Crippen LogP contribution in [0.2, 0.25) is 0 Å². The molecule has 0 aliphatic rings. The van der Waals surface area contributed by atoms with Gasteiger partial charge in [-0.3, -0.25) is 9.36 Å². The van der Waals surface area contributed by atoms with Crippen molar-refractivity contribution in [3.8, 4) is 0 Å². The van der Waals surface area contributed by atoms with Gasteiger partial charge < -0.3 is 15.0 Å². The summed E-state index contributed by atoms with van der Waals surface area (Å²) in [5.41, 5.74) is 1.44. The number of benzene rings is 1. The summed E-state index contributed by atoms with van der Waals surface area (Å²) in [5.74, 6) is -0.578. The van der Waals surface area contributed by atoms with Gasteiger partial charge in [-0.2, -0.15) is 0 Å². The molecule has 0 unspecified atom stereocenters. The van der Waals surface area contributed by atoms with E-state index < -0.39 is 10.0 Å². The van der Waals surface area contributed by atoms with Crippen molar-refractivity contribution >= 4 is 27.0 Å². The van der Waals surface area contributed by atoms with Crippen molar-refractivity contribution in [1.29, 1.82) is 0 Å². The largest absolute Gasteiger partial charge is 0.379 e. The van der Waals surface area contributed by atoms with Crippen LogP contribution in [0, 0.1) is 0 Å². The third-order valence-corrected chi connectivity index (χ3v) is 3.95. The molecule has 4 N–H and O–H groups in total. The molecule has 2 aromatic rings. The van der Waals surface area contributed by atoms with Crippen molar-refractivity contribution in [3.63, 3.8) is 0 Å². The van der Waals surface area contributed by atoms with Crippen LogP contribution in [0.15, 0.2) is 23.0 Å². The number of imidazole rings is 1. The molecule has 9 nitrogen and oxygen atoms in total. The summed E-state index contributed by atoms with van der Waals surface area (Å²) < 4.78 is 27.9. The number of primary sulfonamides is 1. The Kier molecular flexibility index (Phi) is 5.19. The first-order valence-electron chi connectivity index (χ1n) is 6.83. The Balaban J connectivity index is 1.85. The zero-order valence-corrected chi connectivity index (χ0v) is 13.4. The number of rotatable bonds is 7. The van der Waals surface area contributed by atoms with Crippen molar-refractivity contribution in [2.45, 2.75) is 0 Å². The van der Waals surface area contributed by atoms with Crippen molar-refractivity contribution in [1.82, 2.24) is 14.9 Å². The molecule has 0 fully saturated rings. The molecule has 1 aromatic heterocycles. The third kappa shape index (κ3) is 4.65. The number of hydrogen-bond acceptors (Lipinski definition) is 5. The molecule has 0 saturated heterocycles. The second kappa shape index (κ2) is 6.94. The number of nitrogens with two attached hydrogens (primary N) is 1. The Labute approximate surface area is 132 Å². The van der Waals surface area contributed by atoms with Gasteiger partial charge in [-0.15, -0.1) is 0 Å². The van der Waals surface area contributed by atoms with Gasteiger partial charge in [-0.05, 0) is 18.2 Å². The first-order chi connectivity index (χ1) is 10.8. The molecule has 0 radical (unpaired) electrons. The Morgan fingerprint density at radius 2 is 2.13 bits per heavy atom. The molecule has 1 aromatic carbocycles. The van der Waals surface area contributed by atoms with Crippen molar-refractivity contribution in [2.24, 2.45) is 12.2 Å². The van der Waals surface area contributed by atoms with E-state index in [1.165, 1.54) is 4.57 Å². The zero-order chi connectivity index (χ0) is 17.0. The molecule has 10 heteroatoms. The molecule has 2 rings (SSSR count). The number of nitrogens with one attached hydrogen (secondary N) is 2. The molecule has 1 heterocycles. The monoisotopic (exact) mass is 342 g/mol. The molecule has 0 aliphatic heterocycles. The van der Waals surface area contributed by atoms with Crippen molar-refractivity contribution < 1.29 is 17.9 Å². The summed E-state index contributed by atoms with van der Waals surface area (Å²) in [6, 6.07) is 4.89. The first kappa shape index (κ1) is 17.2. The highest BCUT2D eigenvalue weighted by atomic mass is 32.2. The van der Waals surface area contributed by atoms with Crippen molar-refractivity contribution in [2.75, 3.05) is 25.5 Å². The summed E-state index contributed by atoms with van der Waals surface area (Å²) in [6.45, 7) is 0.379. The van der Waals surface area contributed by atoms with Crippen LogP contribution >= 0.6 is 0 Å². The number of carbonyl (C=O) groups excluding carboxylic acids is 1. The van der Waals surface area contributed by atoms with Gasteiger partial charge in [0.1, 0.15) is 0 Å². The number of hydrogen-bond donors (Lipinski definition) is 3. The maximum absolute atomic E-state index is 12.0. The van der Waals surface area contributed by atoms with Gasteiger partial charge in [0.2, 0.25) is 10.0 Å². The lowest BCUT2D eigenvalue weighted by molar-refractivity contribution is 0.0923. The molecule has 0 spiro atoms. The summed E-state index contributed by atoms with van der Waals surface area (Å²) >= 11 is 0. The maximum Gasteiger partial charge on any atom is 0.326 e. The first-order valence-corrected chi connectivity index (χ1v) is 8.54. The van der Waals surface area contributed by atoms with E-state index in [4.69, 9.17) is 9.88 Å². The van der Waals surface area contributed by atoms with E-state index in [0.29, 0.717) is 16.6 Å². The van der Waals surface area contributed by atoms with Gasteiger partial charge in [0, 0.05) is 19.2 Å². The van der Waals surface area contributed by atoms with Gasteiger partial charge in [0.25, 0.3) is 5.91 Å². The minimum absolute atomic E-state index is 0.0219. The number of aromatic nitrogens is 2. The number of carbonyl (C=O) groups is 1. The van der Waals surface area contributed by atoms with Crippen LogP contribution in [0.4, 0.5) is 0 Å². The Morgan fingerprint density at radius 3 is 2.83 bits per heavy atom. The molecule has 0 saturated carbocycles. The van der Waals surface area contributed by atoms with Crippen LogP contribution in [0.3, 0.4) is 0 Å². The quantitative estimate of drug-likeness (QED) is 0.549. The summed E-state index contributed by atoms with van der Waals surface area (Å²) in [5, 5.41) is 7.47. The van der Waals surface area contributed by atoms with Gasteiger partial charge in [0.05, 0.1) is 30.0 Å². The van der Waals surface area contributed by atoms with E-state index in [0.717, 1.165) is 0 Å². The highest BCUT2D eigenvalue weighted by molar-refractivity contribution is 7.89. The van der Waals surface area contributed by atoms with Gasteiger partial charge in [-0.1, -0.05) is 0 Å². The lowest BCUT2D eigenvalue weighted by Crippen LogP contribution is -2.28. The predicted octanol–water partition coefficient (Wildman–Crippen LogP) is -1.10. The Morgan fingerprint density at radius 1 is 1.39 bits per heavy atom. The molecule has 23 heavy (non-hydrogen) atoms. The topological polar surface area (TPSA) is 136 Å². The molecule has 0 atom stereocenters. The van der Waals surface area contributed by atoms with E-state index >= 15 is 0 Å². The second-order valence-corrected chi connectivity index (χ2v) is 6.69. The average Bonchev–Trinajstić information content (AvgIpc) is 2.76. The predicted molar refractivity (Wildman–Crippen MR) is 84.7 cm³/mol. The van der Waals surface area contributed by atoms with Gasteiger partial charge in [0.15, 0.2) is 0 Å². The smallest absolute Gasteiger partial charge is 0.326 e. The van der Waals surface area contributed by atoms with E-state index in [1.54, 1.807) is 25.2 Å². The standard InChI is InChI=1S/C13H18N4O5S/c1-17-11-3-2-9(8-10(11)16-13(17)19)12(18)15-4-5-22-6-7-23(14,20)21/h2-3,8H,4-7H2,1H3,(H,15,18)(H,16,19)(H2,14,20,21). The number of nitrogens with zero attached hydrogens (tertiary/aromatic N) is 1. The summed E-state index contributed by atoms with van der Waals surface area (Å²) in [7, 11) is -1.90. The van der Waals surface area contributed by atoms with Gasteiger partial charge in [-0.25, -0.2) is 18.4 Å². The van der Waals surface area contributed by atoms with Gasteiger partial charge >= 0.3 is 5.69 Å². The lowest BCUT2D eigenvalue weighted by Gasteiger charge is -2.06. The van der Waals surface area contributed by atoms with Crippen molar-refractivity contribution in [3.05, 3.63) is 34.2 Å². The van der Waals surface area contributed by atoms with Crippen LogP contribution in [0.5, 0.6) is 0 Å². The van der Waals surface area contributed by atoms with E-state index in [-0.39, 0.29) is 37.1 Å². The fraction of sp³-hybridized carbons (Fsp3) is 0.385. The number of ether oxygens (including phenoxy) is 1. The average molecular weight is 342 g/mol. The van der Waals surface area contributed by atoms with Crippen LogP contribution < -0.4 is 16.1 Å². The van der Waals surface area contributed by atoms with E-state index in [2.05, 4.69) is 10.3 Å². The minimum Gasteiger partial charge on any atom is -0.379 e. The van der Waals surface area contributed by atoms with Crippen LogP contribution in [0.25, 0.3) is 11.0 Å². The zero-order valence-electron chi connectivity index (χ0n) is 12.5. The fourth-order valence-electron chi connectivity index (χ4n) is 1.99. The Bertz CT molecular complexity index is 868. The normalized spacial score (nSPS) is 11.7. The maximum atomic E-state index is 12.0. The van der Waals surface area contributed by atoms with Crippen LogP contribution in [-0.2, 0) is 21.8 Å². The minimum atomic E-state index is -3.54. The van der Waals surface area contributed by atoms with Crippen LogP contribution in [0.1, 0.15) is 10.4 Å². The second-order valence-electron chi connectivity index (χ2n) is 4.96. The van der Waals surface area contributed by atoms with E-state index in [1.807, 2.05) is 0 Å². The number of aromatic amines is 1. The number of H-pyrrole nitrogens is 1. The van der Waals surface area contributed by atoms with E-state index in [9.17, 15) is 18.0 Å². The molecular formula is C13H18N4O5S. The molecule has 0 bridgehead atoms. The number of sulfonamides is 1. The molecular weight excluding hydrogens is 324 g/mol. The third-order valence-electron chi connectivity index (χ3n) is 3.21. The highest BCUT2D eigenvalue weighted by Crippen LogP contribution is 2.11. The number of fused-ring (bicyclic) bond motifs is 1. The molecule has 126 valence electrons. The molecule has 0 aliphatic carbocycles. The number of amides is 1. The fourth-order valence-corrected chi connectivity index (χ4v) is 2.34. The Hall–Kier alpha value is -2.17. The van der Waals surface area contributed by atoms with Crippen LogP contribution in [-0.4, -0.2) is 49.4 Å². The highest BCUT2D eigenvalue weighted by Gasteiger charge is 2.09. The summed E-state index contributed by atoms with van der Waals surface area (Å²) in [6.07, 6.45) is 0. The summed E-state index contributed by atoms with van der Waals surface area (Å²) in [4.78, 5) is 26.1. The molecule has 1 amide bonds.